The van der Waals surface area contributed by atoms with Crippen molar-refractivity contribution >= 4 is 6.08 Å². The van der Waals surface area contributed by atoms with Gasteiger partial charge in [0.05, 0.1) is 12.3 Å². The van der Waals surface area contributed by atoms with Gasteiger partial charge in [0.2, 0.25) is 5.89 Å². The topological polar surface area (TPSA) is 47.3 Å². The van der Waals surface area contributed by atoms with Gasteiger partial charge in [-0.1, -0.05) is 26.0 Å². The monoisotopic (exact) mass is 340 g/mol. The molecule has 0 aliphatic carbocycles. The number of aromatic nitrogens is 1. The number of nitrogens with one attached hydrogen (secondary N) is 1. The Morgan fingerprint density at radius 2 is 2.20 bits per heavy atom. The number of allylic oxidation sites excluding steroid dienone is 1. The van der Waals surface area contributed by atoms with E-state index < -0.39 is 0 Å². The van der Waals surface area contributed by atoms with Crippen LogP contribution in [0, 0.1) is 12.8 Å². The van der Waals surface area contributed by atoms with Crippen LogP contribution in [-0.4, -0.2) is 18.1 Å². The summed E-state index contributed by atoms with van der Waals surface area (Å²) < 4.78 is 11.6. The van der Waals surface area contributed by atoms with Gasteiger partial charge in [0.25, 0.3) is 0 Å². The number of benzene rings is 1. The van der Waals surface area contributed by atoms with Crippen molar-refractivity contribution in [2.75, 3.05) is 13.2 Å². The molecule has 0 amide bonds. The fourth-order valence-corrected chi connectivity index (χ4v) is 3.01. The number of ether oxygens (including phenoxy) is 1. The van der Waals surface area contributed by atoms with Gasteiger partial charge in [-0.3, -0.25) is 0 Å². The van der Waals surface area contributed by atoms with Crippen molar-refractivity contribution in [1.29, 1.82) is 0 Å². The first-order valence-electron chi connectivity index (χ1n) is 9.20. The third-order valence-corrected chi connectivity index (χ3v) is 4.45. The summed E-state index contributed by atoms with van der Waals surface area (Å²) >= 11 is 0. The molecule has 1 aliphatic rings. The highest BCUT2D eigenvalue weighted by molar-refractivity contribution is 5.39. The number of fused-ring (bicyclic) bond motifs is 1. The van der Waals surface area contributed by atoms with E-state index >= 15 is 0 Å². The van der Waals surface area contributed by atoms with Gasteiger partial charge in [-0.2, -0.15) is 0 Å². The van der Waals surface area contributed by atoms with E-state index in [1.165, 1.54) is 11.1 Å². The molecule has 0 fully saturated rings. The summed E-state index contributed by atoms with van der Waals surface area (Å²) in [6, 6.07) is 6.40. The molecular formula is C21H28N2O2. The standard InChI is InChI=1S/C21H28N2O2/c1-15(2)5-4-6-21-23-20(16(3)25-21)10-12-24-19-8-7-17-9-11-22-14-18(17)13-19/h4,6-8,13,15,22H,5,9-12,14H2,1-3H3/b6-4+. The summed E-state index contributed by atoms with van der Waals surface area (Å²) in [5.74, 6) is 3.14. The zero-order chi connectivity index (χ0) is 17.6. The zero-order valence-electron chi connectivity index (χ0n) is 15.5. The third kappa shape index (κ3) is 4.95. The maximum atomic E-state index is 5.93. The van der Waals surface area contributed by atoms with Gasteiger partial charge in [-0.15, -0.1) is 0 Å². The van der Waals surface area contributed by atoms with E-state index in [2.05, 4.69) is 48.4 Å². The Bertz CT molecular complexity index is 731. The third-order valence-electron chi connectivity index (χ3n) is 4.45. The average molecular weight is 340 g/mol. The lowest BCUT2D eigenvalue weighted by Gasteiger charge is -2.18. The normalized spacial score (nSPS) is 14.2. The lowest BCUT2D eigenvalue weighted by atomic mass is 10.0. The highest BCUT2D eigenvalue weighted by Crippen LogP contribution is 2.21. The molecule has 0 saturated heterocycles. The quantitative estimate of drug-likeness (QED) is 0.816. The molecular weight excluding hydrogens is 312 g/mol. The van der Waals surface area contributed by atoms with Crippen molar-refractivity contribution < 1.29 is 9.15 Å². The minimum atomic E-state index is 0.606. The first-order chi connectivity index (χ1) is 12.1. The van der Waals surface area contributed by atoms with Crippen LogP contribution in [0.1, 0.15) is 48.7 Å². The molecule has 134 valence electrons. The fourth-order valence-electron chi connectivity index (χ4n) is 3.01. The summed E-state index contributed by atoms with van der Waals surface area (Å²) in [6.45, 7) is 8.96. The number of nitrogens with zero attached hydrogens (tertiary/aromatic N) is 1. The van der Waals surface area contributed by atoms with Crippen LogP contribution >= 0.6 is 0 Å². The highest BCUT2D eigenvalue weighted by Gasteiger charge is 2.11. The van der Waals surface area contributed by atoms with Crippen molar-refractivity contribution in [3.8, 4) is 5.75 Å². The second-order valence-electron chi connectivity index (χ2n) is 7.04. The molecule has 0 bridgehead atoms. The molecule has 1 aromatic carbocycles. The molecule has 0 saturated carbocycles. The predicted molar refractivity (Wildman–Crippen MR) is 101 cm³/mol. The molecule has 0 radical (unpaired) electrons. The largest absolute Gasteiger partial charge is 0.493 e. The van der Waals surface area contributed by atoms with E-state index in [1.807, 2.05) is 13.0 Å². The summed E-state index contributed by atoms with van der Waals surface area (Å²) in [6.07, 6.45) is 6.97. The summed E-state index contributed by atoms with van der Waals surface area (Å²) in [4.78, 5) is 4.56. The molecule has 2 heterocycles. The first kappa shape index (κ1) is 17.7. The summed E-state index contributed by atoms with van der Waals surface area (Å²) in [7, 11) is 0. The van der Waals surface area contributed by atoms with E-state index in [0.29, 0.717) is 18.4 Å². The van der Waals surface area contributed by atoms with Gasteiger partial charge in [0, 0.05) is 13.0 Å². The SMILES string of the molecule is Cc1oc(/C=C/CC(C)C)nc1CCOc1ccc2c(c1)CNCC2. The van der Waals surface area contributed by atoms with Crippen LogP contribution in [0.4, 0.5) is 0 Å². The minimum Gasteiger partial charge on any atom is -0.493 e. The van der Waals surface area contributed by atoms with Crippen LogP contribution in [0.5, 0.6) is 5.75 Å². The fraction of sp³-hybridized carbons (Fsp3) is 0.476. The molecule has 3 rings (SSSR count). The molecule has 0 atom stereocenters. The summed E-state index contributed by atoms with van der Waals surface area (Å²) in [5, 5.41) is 3.40. The maximum absolute atomic E-state index is 5.93. The van der Waals surface area contributed by atoms with Gasteiger partial charge >= 0.3 is 0 Å². The molecule has 0 spiro atoms. The Labute approximate surface area is 150 Å². The van der Waals surface area contributed by atoms with Crippen LogP contribution in [-0.2, 0) is 19.4 Å². The minimum absolute atomic E-state index is 0.606. The molecule has 4 nitrogen and oxygen atoms in total. The van der Waals surface area contributed by atoms with Crippen LogP contribution < -0.4 is 10.1 Å². The van der Waals surface area contributed by atoms with E-state index in [9.17, 15) is 0 Å². The van der Waals surface area contributed by atoms with Gasteiger partial charge in [-0.05, 0) is 61.6 Å². The zero-order valence-corrected chi connectivity index (χ0v) is 15.5. The Kier molecular flexibility index (Phi) is 5.92. The number of rotatable bonds is 7. The van der Waals surface area contributed by atoms with Crippen molar-refractivity contribution in [2.45, 2.75) is 46.6 Å². The van der Waals surface area contributed by atoms with Crippen LogP contribution in [0.2, 0.25) is 0 Å². The van der Waals surface area contributed by atoms with Gasteiger partial charge in [0.15, 0.2) is 0 Å². The van der Waals surface area contributed by atoms with Crippen molar-refractivity contribution in [2.24, 2.45) is 5.92 Å². The predicted octanol–water partition coefficient (Wildman–Crippen LogP) is 4.31. The highest BCUT2D eigenvalue weighted by atomic mass is 16.5. The summed E-state index contributed by atoms with van der Waals surface area (Å²) in [5.41, 5.74) is 3.75. The van der Waals surface area contributed by atoms with Crippen LogP contribution in [0.25, 0.3) is 6.08 Å². The van der Waals surface area contributed by atoms with E-state index in [1.54, 1.807) is 0 Å². The second-order valence-corrected chi connectivity index (χ2v) is 7.04. The smallest absolute Gasteiger partial charge is 0.218 e. The second kappa shape index (κ2) is 8.34. The van der Waals surface area contributed by atoms with Crippen molar-refractivity contribution in [1.82, 2.24) is 10.3 Å². The number of aryl methyl sites for hydroxylation is 1. The van der Waals surface area contributed by atoms with Crippen molar-refractivity contribution in [3.05, 3.63) is 52.7 Å². The number of hydrogen-bond acceptors (Lipinski definition) is 4. The Hall–Kier alpha value is -2.07. The maximum Gasteiger partial charge on any atom is 0.218 e. The first-order valence-corrected chi connectivity index (χ1v) is 9.20. The van der Waals surface area contributed by atoms with E-state index in [-0.39, 0.29) is 0 Å². The lowest BCUT2D eigenvalue weighted by molar-refractivity contribution is 0.319. The van der Waals surface area contributed by atoms with E-state index in [0.717, 1.165) is 49.6 Å². The Morgan fingerprint density at radius 1 is 1.32 bits per heavy atom. The number of hydrogen-bond donors (Lipinski definition) is 1. The van der Waals surface area contributed by atoms with Crippen LogP contribution in [0.15, 0.2) is 28.7 Å². The average Bonchev–Trinajstić information content (AvgIpc) is 2.94. The van der Waals surface area contributed by atoms with Crippen LogP contribution in [0.3, 0.4) is 0 Å². The van der Waals surface area contributed by atoms with Gasteiger partial charge in [-0.25, -0.2) is 4.98 Å². The van der Waals surface area contributed by atoms with Gasteiger partial charge in [0.1, 0.15) is 11.5 Å². The molecule has 0 unspecified atom stereocenters. The molecule has 1 N–H and O–H groups in total. The number of oxazole rings is 1. The molecule has 2 aromatic rings. The van der Waals surface area contributed by atoms with Crippen molar-refractivity contribution in [3.63, 3.8) is 0 Å². The molecule has 1 aliphatic heterocycles. The molecule has 1 aromatic heterocycles. The lowest BCUT2D eigenvalue weighted by Crippen LogP contribution is -2.23. The van der Waals surface area contributed by atoms with Gasteiger partial charge < -0.3 is 14.5 Å². The van der Waals surface area contributed by atoms with E-state index in [4.69, 9.17) is 9.15 Å². The molecule has 4 heteroatoms. The Morgan fingerprint density at radius 3 is 3.04 bits per heavy atom. The molecule has 25 heavy (non-hydrogen) atoms. The Balaban J connectivity index is 1.53.